The predicted octanol–water partition coefficient (Wildman–Crippen LogP) is 5.84. The van der Waals surface area contributed by atoms with Gasteiger partial charge in [0.1, 0.15) is 0 Å². The predicted molar refractivity (Wildman–Crippen MR) is 126 cm³/mol. The molecule has 0 aromatic heterocycles. The van der Waals surface area contributed by atoms with Gasteiger partial charge in [0, 0.05) is 17.9 Å². The summed E-state index contributed by atoms with van der Waals surface area (Å²) in [6, 6.07) is 13.0. The number of benzene rings is 2. The van der Waals surface area contributed by atoms with E-state index in [-0.39, 0.29) is 6.04 Å². The highest BCUT2D eigenvalue weighted by Gasteiger charge is 2.39. The number of hydrogen-bond donors (Lipinski definition) is 3. The summed E-state index contributed by atoms with van der Waals surface area (Å²) in [4.78, 5) is 22.1. The van der Waals surface area contributed by atoms with Crippen LogP contribution in [0.4, 0.5) is 37.7 Å². The van der Waals surface area contributed by atoms with Crippen LogP contribution in [-0.2, 0) is 9.59 Å². The first-order valence-corrected chi connectivity index (χ1v) is 10.7. The Labute approximate surface area is 209 Å². The molecule has 1 saturated heterocycles. The number of alkyl halides is 6. The fourth-order valence-electron chi connectivity index (χ4n) is 3.71. The van der Waals surface area contributed by atoms with Gasteiger partial charge in [-0.05, 0) is 56.9 Å². The zero-order valence-electron chi connectivity index (χ0n) is 20.6. The molecule has 2 aromatic carbocycles. The van der Waals surface area contributed by atoms with Crippen LogP contribution in [0.2, 0.25) is 0 Å². The number of carbonyl (C=O) groups is 2. The smallest absolute Gasteiger partial charge is 0.475 e. The first-order valence-electron chi connectivity index (χ1n) is 10.7. The van der Waals surface area contributed by atoms with E-state index in [1.807, 2.05) is 0 Å². The average Bonchev–Trinajstić information content (AvgIpc) is 3.01. The zero-order chi connectivity index (χ0) is 28.9. The number of carboxylic acids is 2. The van der Waals surface area contributed by atoms with Crippen LogP contribution in [0.3, 0.4) is 0 Å². The molecule has 0 saturated carbocycles. The van der Waals surface area contributed by atoms with Crippen molar-refractivity contribution in [2.24, 2.45) is 0 Å². The lowest BCUT2D eigenvalue weighted by Gasteiger charge is -2.28. The Bertz CT molecular complexity index is 1080. The van der Waals surface area contributed by atoms with E-state index in [9.17, 15) is 26.3 Å². The number of rotatable bonds is 2. The normalized spacial score (nSPS) is 15.4. The van der Waals surface area contributed by atoms with E-state index in [1.165, 1.54) is 33.6 Å². The van der Waals surface area contributed by atoms with Gasteiger partial charge in [-0.25, -0.2) is 9.59 Å². The van der Waals surface area contributed by atoms with Crippen molar-refractivity contribution in [3.05, 3.63) is 58.7 Å². The Hall–Kier alpha value is -3.77. The first kappa shape index (κ1) is 31.3. The van der Waals surface area contributed by atoms with Gasteiger partial charge in [-0.15, -0.1) is 0 Å². The number of carboxylic acid groups (broad SMARTS) is 2. The molecular formula is C24H27F6N3O4. The van der Waals surface area contributed by atoms with E-state index >= 15 is 0 Å². The summed E-state index contributed by atoms with van der Waals surface area (Å²) in [5.74, 6) is -4.94. The lowest BCUT2D eigenvalue weighted by Crippen LogP contribution is -2.36. The van der Waals surface area contributed by atoms with E-state index in [0.717, 1.165) is 6.54 Å². The number of nitrogens with one attached hydrogen (secondary N) is 1. The minimum absolute atomic E-state index is 0.279. The Morgan fingerprint density at radius 2 is 1.08 bits per heavy atom. The van der Waals surface area contributed by atoms with Crippen LogP contribution in [-0.4, -0.2) is 53.1 Å². The minimum Gasteiger partial charge on any atom is -0.475 e. The van der Waals surface area contributed by atoms with Crippen LogP contribution >= 0.6 is 0 Å². The molecule has 0 aliphatic carbocycles. The summed E-state index contributed by atoms with van der Waals surface area (Å²) < 4.78 is 63.5. The van der Waals surface area contributed by atoms with Crippen molar-refractivity contribution < 1.29 is 46.1 Å². The standard InChI is InChI=1S/C20H25N3.2C2HF3O2/c1-13-8-6-9-14(2)18(13)22-12-17(5)23(20(22)21)19-15(3)10-7-11-16(19)4;2*3-2(4,5)1(6)7/h6-11,17,21H,12H2,1-5H3;2*(H,6,7). The van der Waals surface area contributed by atoms with Crippen molar-refractivity contribution in [2.75, 3.05) is 16.3 Å². The third-order valence-corrected chi connectivity index (χ3v) is 5.25. The molecule has 2 aromatic rings. The number of anilines is 2. The molecule has 1 unspecified atom stereocenters. The second-order valence-electron chi connectivity index (χ2n) is 8.24. The van der Waals surface area contributed by atoms with E-state index in [0.29, 0.717) is 5.96 Å². The molecule has 3 N–H and O–H groups in total. The van der Waals surface area contributed by atoms with Crippen molar-refractivity contribution >= 4 is 29.3 Å². The number of hydrogen-bond acceptors (Lipinski definition) is 3. The fraction of sp³-hybridized carbons (Fsp3) is 0.375. The molecule has 0 spiro atoms. The molecule has 0 radical (unpaired) electrons. The fourth-order valence-corrected chi connectivity index (χ4v) is 3.71. The van der Waals surface area contributed by atoms with Gasteiger partial charge >= 0.3 is 24.3 Å². The molecule has 1 fully saturated rings. The summed E-state index contributed by atoms with van der Waals surface area (Å²) in [5.41, 5.74) is 7.27. The van der Waals surface area contributed by atoms with Gasteiger partial charge in [-0.2, -0.15) is 26.3 Å². The molecule has 3 rings (SSSR count). The molecule has 1 aliphatic heterocycles. The van der Waals surface area contributed by atoms with Crippen LogP contribution in [0, 0.1) is 33.1 Å². The van der Waals surface area contributed by atoms with Crippen molar-refractivity contribution in [3.63, 3.8) is 0 Å². The van der Waals surface area contributed by atoms with Crippen LogP contribution in [0.25, 0.3) is 0 Å². The third kappa shape index (κ3) is 8.12. The number of nitrogens with zero attached hydrogens (tertiary/aromatic N) is 2. The monoisotopic (exact) mass is 535 g/mol. The van der Waals surface area contributed by atoms with Crippen LogP contribution in [0.1, 0.15) is 29.2 Å². The van der Waals surface area contributed by atoms with Crippen LogP contribution in [0.5, 0.6) is 0 Å². The summed E-state index contributed by atoms with van der Waals surface area (Å²) in [6.07, 6.45) is -10.2. The highest BCUT2D eigenvalue weighted by molar-refractivity contribution is 6.09. The quantitative estimate of drug-likeness (QED) is 0.418. The minimum atomic E-state index is -5.08. The molecular weight excluding hydrogens is 508 g/mol. The zero-order valence-corrected chi connectivity index (χ0v) is 20.6. The van der Waals surface area contributed by atoms with E-state index < -0.39 is 24.3 Å². The number of aryl methyl sites for hydroxylation is 4. The largest absolute Gasteiger partial charge is 0.490 e. The van der Waals surface area contributed by atoms with Gasteiger partial charge in [0.2, 0.25) is 5.96 Å². The number of para-hydroxylation sites is 2. The molecule has 1 aliphatic rings. The Morgan fingerprint density at radius 3 is 1.38 bits per heavy atom. The van der Waals surface area contributed by atoms with Gasteiger partial charge in [0.15, 0.2) is 0 Å². The lowest BCUT2D eigenvalue weighted by atomic mass is 10.1. The molecule has 204 valence electrons. The Balaban J connectivity index is 0.000000404. The Kier molecular flexibility index (Phi) is 10.1. The first-order chi connectivity index (χ1) is 16.8. The summed E-state index contributed by atoms with van der Waals surface area (Å²) in [6.45, 7) is 11.6. The van der Waals surface area contributed by atoms with E-state index in [2.05, 4.69) is 80.8 Å². The topological polar surface area (TPSA) is 105 Å². The highest BCUT2D eigenvalue weighted by Crippen LogP contribution is 2.35. The maximum atomic E-state index is 10.6. The van der Waals surface area contributed by atoms with Gasteiger partial charge in [0.05, 0.1) is 6.04 Å². The van der Waals surface area contributed by atoms with Crippen LogP contribution < -0.4 is 9.80 Å². The van der Waals surface area contributed by atoms with Gasteiger partial charge in [0.25, 0.3) is 0 Å². The maximum absolute atomic E-state index is 10.6. The van der Waals surface area contributed by atoms with Crippen molar-refractivity contribution in [1.29, 1.82) is 5.41 Å². The summed E-state index contributed by atoms with van der Waals surface area (Å²) in [7, 11) is 0. The van der Waals surface area contributed by atoms with Gasteiger partial charge in [-0.1, -0.05) is 36.4 Å². The molecule has 1 heterocycles. The highest BCUT2D eigenvalue weighted by atomic mass is 19.4. The summed E-state index contributed by atoms with van der Waals surface area (Å²) >= 11 is 0. The lowest BCUT2D eigenvalue weighted by molar-refractivity contribution is -0.193. The SMILES string of the molecule is Cc1cccc(C)c1N1CC(C)N(c2c(C)cccc2C)C1=N.O=C(O)C(F)(F)F.O=C(O)C(F)(F)F. The van der Waals surface area contributed by atoms with E-state index in [1.54, 1.807) is 0 Å². The molecule has 13 heteroatoms. The van der Waals surface area contributed by atoms with Crippen molar-refractivity contribution in [1.82, 2.24) is 0 Å². The van der Waals surface area contributed by atoms with Gasteiger partial charge < -0.3 is 20.0 Å². The van der Waals surface area contributed by atoms with Crippen molar-refractivity contribution in [2.45, 2.75) is 53.0 Å². The molecule has 1 atom stereocenters. The number of guanidine groups is 1. The van der Waals surface area contributed by atoms with Crippen LogP contribution in [0.15, 0.2) is 36.4 Å². The number of aliphatic carboxylic acids is 2. The molecule has 0 bridgehead atoms. The Morgan fingerprint density at radius 1 is 0.784 bits per heavy atom. The number of halogens is 6. The molecule has 7 nitrogen and oxygen atoms in total. The van der Waals surface area contributed by atoms with Crippen molar-refractivity contribution in [3.8, 4) is 0 Å². The summed E-state index contributed by atoms with van der Waals surface area (Å²) in [5, 5.41) is 23.1. The van der Waals surface area contributed by atoms with Gasteiger partial charge in [-0.3, -0.25) is 5.41 Å². The second-order valence-corrected chi connectivity index (χ2v) is 8.24. The third-order valence-electron chi connectivity index (χ3n) is 5.25. The average molecular weight is 535 g/mol. The molecule has 0 amide bonds. The molecule has 37 heavy (non-hydrogen) atoms. The van der Waals surface area contributed by atoms with E-state index in [4.69, 9.17) is 25.2 Å². The maximum Gasteiger partial charge on any atom is 0.490 e. The second kappa shape index (κ2) is 12.0.